The van der Waals surface area contributed by atoms with Crippen LogP contribution in [-0.2, 0) is 26.4 Å². The number of benzene rings is 6. The number of aryl methyl sites for hydroxylation is 1. The third-order valence-corrected chi connectivity index (χ3v) is 9.76. The van der Waals surface area contributed by atoms with Crippen molar-refractivity contribution < 1.29 is 39.1 Å². The van der Waals surface area contributed by atoms with Gasteiger partial charge in [-0.3, -0.25) is 9.11 Å². The first-order valence-electron chi connectivity index (χ1n) is 14.7. The Labute approximate surface area is 288 Å². The SMILES string of the molecule is Cc1cc(-c2ccc(N=Nc3cc(S(=O)(=O)O)c4ccccc4c3N)c(C(F)(F)F)c2)ccc1N=Nc1cc(S(=O)(=O)O)c2ccccc2c1N. The maximum atomic E-state index is 14.3. The third kappa shape index (κ3) is 7.00. The number of nitrogen functional groups attached to an aromatic ring is 2. The van der Waals surface area contributed by atoms with Crippen LogP contribution in [-0.4, -0.2) is 25.9 Å². The van der Waals surface area contributed by atoms with E-state index in [1.165, 1.54) is 42.5 Å². The predicted molar refractivity (Wildman–Crippen MR) is 186 cm³/mol. The fraction of sp³-hybridized carbons (Fsp3) is 0.0588. The fourth-order valence-corrected chi connectivity index (χ4v) is 6.92. The van der Waals surface area contributed by atoms with E-state index in [0.717, 1.165) is 24.3 Å². The molecule has 12 nitrogen and oxygen atoms in total. The molecule has 0 radical (unpaired) electrons. The highest BCUT2D eigenvalue weighted by atomic mass is 32.2. The van der Waals surface area contributed by atoms with E-state index in [9.17, 15) is 39.1 Å². The van der Waals surface area contributed by atoms with Gasteiger partial charge in [-0.25, -0.2) is 0 Å². The Morgan fingerprint density at radius 3 is 1.37 bits per heavy atom. The van der Waals surface area contributed by atoms with Crippen LogP contribution in [0, 0.1) is 6.92 Å². The number of nitrogens with two attached hydrogens (primary N) is 2. The van der Waals surface area contributed by atoms with Crippen molar-refractivity contribution in [3.63, 3.8) is 0 Å². The minimum absolute atomic E-state index is 0.0240. The number of anilines is 2. The predicted octanol–water partition coefficient (Wildman–Crippen LogP) is 9.48. The Morgan fingerprint density at radius 2 is 0.941 bits per heavy atom. The summed E-state index contributed by atoms with van der Waals surface area (Å²) in [5.41, 5.74) is 11.8. The fourth-order valence-electron chi connectivity index (χ4n) is 5.49. The lowest BCUT2D eigenvalue weighted by Gasteiger charge is -2.13. The van der Waals surface area contributed by atoms with Crippen LogP contribution in [0.1, 0.15) is 11.1 Å². The van der Waals surface area contributed by atoms with Crippen LogP contribution in [0.25, 0.3) is 32.7 Å². The van der Waals surface area contributed by atoms with E-state index in [4.69, 9.17) is 11.5 Å². The average Bonchev–Trinajstić information content (AvgIpc) is 3.07. The summed E-state index contributed by atoms with van der Waals surface area (Å²) in [6.07, 6.45) is -4.87. The van der Waals surface area contributed by atoms with Gasteiger partial charge in [-0.15, -0.1) is 15.3 Å². The number of hydrogen-bond donors (Lipinski definition) is 4. The van der Waals surface area contributed by atoms with Gasteiger partial charge < -0.3 is 11.5 Å². The summed E-state index contributed by atoms with van der Waals surface area (Å²) in [6.45, 7) is 1.65. The molecule has 6 rings (SSSR count). The lowest BCUT2D eigenvalue weighted by atomic mass is 9.99. The summed E-state index contributed by atoms with van der Waals surface area (Å²) in [5, 5.41) is 16.7. The molecule has 6 aromatic rings. The second-order valence-corrected chi connectivity index (χ2v) is 14.1. The molecule has 0 aromatic heterocycles. The molecule has 260 valence electrons. The third-order valence-electron chi connectivity index (χ3n) is 7.97. The average molecular weight is 735 g/mol. The number of azo groups is 2. The zero-order chi connectivity index (χ0) is 36.9. The summed E-state index contributed by atoms with van der Waals surface area (Å²) in [4.78, 5) is -0.935. The molecule has 51 heavy (non-hydrogen) atoms. The highest BCUT2D eigenvalue weighted by Crippen LogP contribution is 2.42. The summed E-state index contributed by atoms with van der Waals surface area (Å²) in [6, 6.07) is 22.2. The van der Waals surface area contributed by atoms with Gasteiger partial charge >= 0.3 is 6.18 Å². The van der Waals surface area contributed by atoms with Gasteiger partial charge in [0, 0.05) is 21.5 Å². The summed E-state index contributed by atoms with van der Waals surface area (Å²) in [5.74, 6) is 0. The zero-order valence-corrected chi connectivity index (χ0v) is 27.8. The van der Waals surface area contributed by atoms with Crippen molar-refractivity contribution in [2.45, 2.75) is 22.9 Å². The zero-order valence-electron chi connectivity index (χ0n) is 26.2. The number of hydrogen-bond acceptors (Lipinski definition) is 10. The summed E-state index contributed by atoms with van der Waals surface area (Å²) >= 11 is 0. The van der Waals surface area contributed by atoms with Gasteiger partial charge in [0.25, 0.3) is 20.2 Å². The standard InChI is InChI=1S/C34H25F3N6O6S2/c1-18-14-19(10-12-26(18)40-42-28-16-30(50(44,45)46)21-6-2-4-8-23(21)32(28)38)20-11-13-27(25(15-20)34(35,36)37)41-43-29-17-31(51(47,48)49)22-7-3-5-9-24(22)33(29)39/h2-17H,38-39H2,1H3,(H,44,45,46)(H,47,48,49). The van der Waals surface area contributed by atoms with Crippen molar-refractivity contribution in [1.29, 1.82) is 0 Å². The van der Waals surface area contributed by atoms with Crippen molar-refractivity contribution in [2.24, 2.45) is 20.5 Å². The Morgan fingerprint density at radius 1 is 0.549 bits per heavy atom. The molecule has 0 unspecified atom stereocenters. The molecule has 0 aliphatic carbocycles. The van der Waals surface area contributed by atoms with Gasteiger partial charge in [-0.05, 0) is 60.0 Å². The first kappa shape index (κ1) is 35.1. The maximum absolute atomic E-state index is 14.3. The number of halogens is 3. The molecule has 0 aliphatic rings. The topological polar surface area (TPSA) is 210 Å². The lowest BCUT2D eigenvalue weighted by molar-refractivity contribution is -0.137. The normalized spacial score (nSPS) is 12.8. The smallest absolute Gasteiger partial charge is 0.396 e. The second-order valence-electron chi connectivity index (χ2n) is 11.3. The first-order valence-corrected chi connectivity index (χ1v) is 17.5. The van der Waals surface area contributed by atoms with Gasteiger partial charge in [0.05, 0.1) is 28.3 Å². The van der Waals surface area contributed by atoms with E-state index in [0.29, 0.717) is 22.2 Å². The number of alkyl halides is 3. The quantitative estimate of drug-likeness (QED) is 0.0703. The van der Waals surface area contributed by atoms with Crippen LogP contribution in [0.5, 0.6) is 0 Å². The van der Waals surface area contributed by atoms with Crippen molar-refractivity contribution in [2.75, 3.05) is 11.5 Å². The Hall–Kier alpha value is -5.75. The molecular weight excluding hydrogens is 710 g/mol. The largest absolute Gasteiger partial charge is 0.418 e. The highest BCUT2D eigenvalue weighted by molar-refractivity contribution is 7.86. The van der Waals surface area contributed by atoms with Crippen molar-refractivity contribution in [3.05, 3.63) is 108 Å². The van der Waals surface area contributed by atoms with Gasteiger partial charge in [0.15, 0.2) is 0 Å². The Kier molecular flexibility index (Phi) is 8.84. The number of fused-ring (bicyclic) bond motifs is 2. The summed E-state index contributed by atoms with van der Waals surface area (Å²) in [7, 11) is -9.38. The van der Waals surface area contributed by atoms with E-state index in [1.807, 2.05) is 0 Å². The lowest BCUT2D eigenvalue weighted by Crippen LogP contribution is -2.05. The van der Waals surface area contributed by atoms with Crippen molar-refractivity contribution >= 4 is 75.9 Å². The molecule has 0 amide bonds. The molecule has 0 fully saturated rings. The molecule has 0 aliphatic heterocycles. The van der Waals surface area contributed by atoms with Crippen LogP contribution in [0.4, 0.5) is 47.3 Å². The van der Waals surface area contributed by atoms with Crippen LogP contribution >= 0.6 is 0 Å². The molecule has 0 heterocycles. The van der Waals surface area contributed by atoms with Crippen molar-refractivity contribution in [1.82, 2.24) is 0 Å². The van der Waals surface area contributed by atoms with Crippen LogP contribution in [0.15, 0.2) is 127 Å². The molecule has 6 N–H and O–H groups in total. The number of rotatable bonds is 7. The molecule has 0 saturated carbocycles. The highest BCUT2D eigenvalue weighted by Gasteiger charge is 2.34. The Bertz CT molecular complexity index is 2680. The van der Waals surface area contributed by atoms with E-state index in [1.54, 1.807) is 37.3 Å². The summed E-state index contributed by atoms with van der Waals surface area (Å²) < 4.78 is 111. The minimum Gasteiger partial charge on any atom is -0.396 e. The monoisotopic (exact) mass is 734 g/mol. The van der Waals surface area contributed by atoms with E-state index in [2.05, 4.69) is 20.5 Å². The van der Waals surface area contributed by atoms with Crippen molar-refractivity contribution in [3.8, 4) is 11.1 Å². The Balaban J connectivity index is 1.35. The molecular formula is C34H25F3N6O6S2. The molecule has 0 atom stereocenters. The molecule has 17 heteroatoms. The minimum atomic E-state index is -4.87. The van der Waals surface area contributed by atoms with Crippen LogP contribution in [0.2, 0.25) is 0 Å². The molecule has 6 aromatic carbocycles. The van der Waals surface area contributed by atoms with Crippen LogP contribution in [0.3, 0.4) is 0 Å². The molecule has 0 saturated heterocycles. The first-order chi connectivity index (χ1) is 23.9. The van der Waals surface area contributed by atoms with E-state index >= 15 is 0 Å². The van der Waals surface area contributed by atoms with Gasteiger partial charge in [0.1, 0.15) is 21.2 Å². The van der Waals surface area contributed by atoms with Gasteiger partial charge in [0.2, 0.25) is 0 Å². The van der Waals surface area contributed by atoms with E-state index < -0.39 is 47.5 Å². The second kappa shape index (κ2) is 12.9. The van der Waals surface area contributed by atoms with Gasteiger partial charge in [-0.2, -0.15) is 35.1 Å². The molecule has 0 bridgehead atoms. The van der Waals surface area contributed by atoms with E-state index in [-0.39, 0.29) is 44.5 Å². The number of nitrogens with zero attached hydrogens (tertiary/aromatic N) is 4. The molecule has 0 spiro atoms. The van der Waals surface area contributed by atoms with Gasteiger partial charge in [-0.1, -0.05) is 60.7 Å². The van der Waals surface area contributed by atoms with Crippen LogP contribution < -0.4 is 11.5 Å². The maximum Gasteiger partial charge on any atom is 0.418 e.